The lowest BCUT2D eigenvalue weighted by atomic mass is 9.88. The zero-order chi connectivity index (χ0) is 27.3. The van der Waals surface area contributed by atoms with Gasteiger partial charge in [-0.3, -0.25) is 4.79 Å². The van der Waals surface area contributed by atoms with Gasteiger partial charge >= 0.3 is 6.09 Å². The average Bonchev–Trinajstić information content (AvgIpc) is 2.83. The smallest absolute Gasteiger partial charge is 0.408 e. The minimum Gasteiger partial charge on any atom is -0.444 e. The maximum Gasteiger partial charge on any atom is 0.408 e. The zero-order valence-electron chi connectivity index (χ0n) is 21.5. The van der Waals surface area contributed by atoms with Gasteiger partial charge in [-0.1, -0.05) is 36.4 Å². The number of carbonyl (C=O) groups is 2. The first-order valence-electron chi connectivity index (χ1n) is 12.0. The summed E-state index contributed by atoms with van der Waals surface area (Å²) in [6.45, 7) is 5.80. The van der Waals surface area contributed by atoms with E-state index in [1.807, 2.05) is 30.3 Å². The monoisotopic (exact) mass is 527 g/mol. The fraction of sp³-hybridized carbons (Fsp3) is 0.444. The van der Waals surface area contributed by atoms with Crippen LogP contribution in [0.1, 0.15) is 39.2 Å². The van der Waals surface area contributed by atoms with E-state index in [-0.39, 0.29) is 24.2 Å². The van der Waals surface area contributed by atoms with Crippen molar-refractivity contribution in [3.05, 3.63) is 54.1 Å². The third-order valence-electron chi connectivity index (χ3n) is 5.97. The molecule has 1 atom stereocenters. The van der Waals surface area contributed by atoms with Crippen LogP contribution in [0.5, 0.6) is 0 Å². The minimum atomic E-state index is -3.32. The summed E-state index contributed by atoms with van der Waals surface area (Å²) in [4.78, 5) is 26.0. The Bertz CT molecular complexity index is 1270. The van der Waals surface area contributed by atoms with Crippen LogP contribution in [0.25, 0.3) is 11.1 Å². The molecule has 37 heavy (non-hydrogen) atoms. The van der Waals surface area contributed by atoms with Crippen molar-refractivity contribution in [3.63, 3.8) is 0 Å². The van der Waals surface area contributed by atoms with Crippen LogP contribution in [0.15, 0.2) is 53.4 Å². The Kier molecular flexibility index (Phi) is 8.61. The largest absolute Gasteiger partial charge is 0.444 e. The molecule has 2 aromatic rings. The molecule has 1 unspecified atom stereocenters. The number of nitriles is 1. The van der Waals surface area contributed by atoms with Crippen molar-refractivity contribution in [2.75, 3.05) is 19.5 Å². The summed E-state index contributed by atoms with van der Waals surface area (Å²) >= 11 is 0. The van der Waals surface area contributed by atoms with Crippen LogP contribution in [0.3, 0.4) is 0 Å². The maximum absolute atomic E-state index is 13.3. The molecule has 1 aliphatic rings. The number of amides is 2. The summed E-state index contributed by atoms with van der Waals surface area (Å²) in [5.74, 6) is -0.456. The molecule has 3 rings (SSSR count). The minimum absolute atomic E-state index is 0.239. The van der Waals surface area contributed by atoms with Gasteiger partial charge in [0, 0.05) is 38.7 Å². The van der Waals surface area contributed by atoms with E-state index in [0.29, 0.717) is 13.2 Å². The van der Waals surface area contributed by atoms with Gasteiger partial charge in [0.25, 0.3) is 0 Å². The first-order chi connectivity index (χ1) is 17.3. The second kappa shape index (κ2) is 11.3. The van der Waals surface area contributed by atoms with Crippen LogP contribution in [-0.2, 0) is 30.5 Å². The van der Waals surface area contributed by atoms with Crippen LogP contribution < -0.4 is 10.6 Å². The van der Waals surface area contributed by atoms with Crippen molar-refractivity contribution in [2.24, 2.45) is 0 Å². The van der Waals surface area contributed by atoms with E-state index in [1.165, 1.54) is 6.26 Å². The van der Waals surface area contributed by atoms with Crippen LogP contribution in [-0.4, -0.2) is 57.1 Å². The van der Waals surface area contributed by atoms with Gasteiger partial charge in [0.2, 0.25) is 5.91 Å². The van der Waals surface area contributed by atoms with E-state index in [4.69, 9.17) is 9.47 Å². The molecular formula is C27H33N3O6S. The molecule has 1 fully saturated rings. The predicted octanol–water partition coefficient (Wildman–Crippen LogP) is 3.38. The van der Waals surface area contributed by atoms with Crippen LogP contribution in [0, 0.1) is 11.3 Å². The van der Waals surface area contributed by atoms with Crippen molar-refractivity contribution in [2.45, 2.75) is 62.1 Å². The topological polar surface area (TPSA) is 135 Å². The number of nitrogens with one attached hydrogen (secondary N) is 2. The SMILES string of the molecule is CC(C)(C)OC(=O)NC1(C(=O)NC(C#N)Cc2ccc(-c3cccc(S(C)(=O)=O)c3)cc2)CCOCC1. The lowest BCUT2D eigenvalue weighted by molar-refractivity contribution is -0.132. The van der Waals surface area contributed by atoms with Crippen molar-refractivity contribution >= 4 is 21.8 Å². The molecule has 10 heteroatoms. The quantitative estimate of drug-likeness (QED) is 0.564. The van der Waals surface area contributed by atoms with E-state index in [1.54, 1.807) is 39.0 Å². The Morgan fingerprint density at radius 1 is 1.11 bits per heavy atom. The molecule has 1 saturated heterocycles. The first-order valence-corrected chi connectivity index (χ1v) is 13.9. The highest BCUT2D eigenvalue weighted by Crippen LogP contribution is 2.25. The van der Waals surface area contributed by atoms with Gasteiger partial charge < -0.3 is 20.1 Å². The van der Waals surface area contributed by atoms with E-state index >= 15 is 0 Å². The third-order valence-corrected chi connectivity index (χ3v) is 7.08. The van der Waals surface area contributed by atoms with Gasteiger partial charge in [0.05, 0.1) is 11.0 Å². The van der Waals surface area contributed by atoms with Gasteiger partial charge in [0.15, 0.2) is 9.84 Å². The number of benzene rings is 2. The van der Waals surface area contributed by atoms with Gasteiger partial charge in [-0.25, -0.2) is 13.2 Å². The number of hydrogen-bond donors (Lipinski definition) is 2. The second-order valence-electron chi connectivity index (χ2n) is 10.2. The Balaban J connectivity index is 1.71. The van der Waals surface area contributed by atoms with Crippen molar-refractivity contribution in [3.8, 4) is 17.2 Å². The van der Waals surface area contributed by atoms with Gasteiger partial charge in [0.1, 0.15) is 17.2 Å². The number of hydrogen-bond acceptors (Lipinski definition) is 7. The summed E-state index contributed by atoms with van der Waals surface area (Å²) in [5.41, 5.74) is 0.449. The van der Waals surface area contributed by atoms with E-state index < -0.39 is 39.0 Å². The second-order valence-corrected chi connectivity index (χ2v) is 12.2. The maximum atomic E-state index is 13.3. The van der Waals surface area contributed by atoms with Crippen LogP contribution >= 0.6 is 0 Å². The molecule has 0 aliphatic carbocycles. The van der Waals surface area contributed by atoms with Crippen molar-refractivity contribution < 1.29 is 27.5 Å². The molecule has 2 amide bonds. The molecule has 0 bridgehead atoms. The normalized spacial score (nSPS) is 16.2. The Hall–Kier alpha value is -3.42. The number of alkyl carbamates (subject to hydrolysis) is 1. The van der Waals surface area contributed by atoms with Gasteiger partial charge in [-0.05, 0) is 49.6 Å². The number of rotatable bonds is 7. The lowest BCUT2D eigenvalue weighted by Gasteiger charge is -2.37. The molecule has 9 nitrogen and oxygen atoms in total. The molecule has 1 aliphatic heterocycles. The van der Waals surface area contributed by atoms with Gasteiger partial charge in [-0.15, -0.1) is 0 Å². The summed E-state index contributed by atoms with van der Waals surface area (Å²) in [6.07, 6.45) is 1.24. The predicted molar refractivity (Wildman–Crippen MR) is 138 cm³/mol. The molecule has 2 N–H and O–H groups in total. The number of ether oxygens (including phenoxy) is 2. The molecule has 0 aromatic heterocycles. The molecule has 1 heterocycles. The number of carbonyl (C=O) groups excluding carboxylic acids is 2. The molecule has 0 radical (unpaired) electrons. The molecular weight excluding hydrogens is 494 g/mol. The molecule has 2 aromatic carbocycles. The van der Waals surface area contributed by atoms with E-state index in [9.17, 15) is 23.3 Å². The van der Waals surface area contributed by atoms with Crippen LogP contribution in [0.4, 0.5) is 4.79 Å². The lowest BCUT2D eigenvalue weighted by Crippen LogP contribution is -2.63. The van der Waals surface area contributed by atoms with E-state index in [2.05, 4.69) is 16.7 Å². The molecule has 198 valence electrons. The number of sulfone groups is 1. The highest BCUT2D eigenvalue weighted by atomic mass is 32.2. The number of nitrogens with zero attached hydrogens (tertiary/aromatic N) is 1. The van der Waals surface area contributed by atoms with Crippen molar-refractivity contribution in [1.82, 2.24) is 10.6 Å². The Labute approximate surface area is 218 Å². The fourth-order valence-corrected chi connectivity index (χ4v) is 4.70. The fourth-order valence-electron chi connectivity index (χ4n) is 4.03. The Morgan fingerprint density at radius 2 is 1.76 bits per heavy atom. The summed E-state index contributed by atoms with van der Waals surface area (Å²) < 4.78 is 34.5. The van der Waals surface area contributed by atoms with E-state index in [0.717, 1.165) is 16.7 Å². The summed E-state index contributed by atoms with van der Waals surface area (Å²) in [5, 5.41) is 15.2. The first kappa shape index (κ1) is 28.2. The standard InChI is InChI=1S/C27H33N3O6S/c1-26(2,3)36-25(32)30-27(12-14-35-15-13-27)24(31)29-22(18-28)16-19-8-10-20(11-9-19)21-6-5-7-23(17-21)37(4,33)34/h5-11,17,22H,12-16H2,1-4H3,(H,29,31)(H,30,32). The molecule has 0 spiro atoms. The molecule has 0 saturated carbocycles. The average molecular weight is 528 g/mol. The van der Waals surface area contributed by atoms with Gasteiger partial charge in [-0.2, -0.15) is 5.26 Å². The zero-order valence-corrected chi connectivity index (χ0v) is 22.4. The highest BCUT2D eigenvalue weighted by Gasteiger charge is 2.43. The summed E-state index contributed by atoms with van der Waals surface area (Å²) in [6, 6.07) is 15.3. The van der Waals surface area contributed by atoms with Crippen molar-refractivity contribution in [1.29, 1.82) is 5.26 Å². The summed E-state index contributed by atoms with van der Waals surface area (Å²) in [7, 11) is -3.32. The third kappa shape index (κ3) is 7.78. The van der Waals surface area contributed by atoms with Crippen LogP contribution in [0.2, 0.25) is 0 Å². The highest BCUT2D eigenvalue weighted by molar-refractivity contribution is 7.90. The Morgan fingerprint density at radius 3 is 2.32 bits per heavy atom.